The van der Waals surface area contributed by atoms with Gasteiger partial charge in [-0.3, -0.25) is 0 Å². The van der Waals surface area contributed by atoms with Gasteiger partial charge in [-0.05, 0) is 29.2 Å². The fourth-order valence-electron chi connectivity index (χ4n) is 4.62. The molecule has 1 spiro atoms. The minimum absolute atomic E-state index is 0.463. The average molecular weight is 278 g/mol. The van der Waals surface area contributed by atoms with Crippen molar-refractivity contribution in [2.24, 2.45) is 0 Å². The zero-order valence-electron chi connectivity index (χ0n) is 12.6. The Morgan fingerprint density at radius 1 is 1.14 bits per heavy atom. The molecule has 1 aliphatic carbocycles. The van der Waals surface area contributed by atoms with E-state index in [4.69, 9.17) is 0 Å². The summed E-state index contributed by atoms with van der Waals surface area (Å²) in [4.78, 5) is 0. The van der Waals surface area contributed by atoms with Crippen molar-refractivity contribution in [2.75, 3.05) is 0 Å². The van der Waals surface area contributed by atoms with Gasteiger partial charge in [0.05, 0.1) is 0 Å². The molecule has 21 heavy (non-hydrogen) atoms. The monoisotopic (exact) mass is 278 g/mol. The van der Waals surface area contributed by atoms with Crippen LogP contribution in [0.1, 0.15) is 49.3 Å². The molecule has 1 heterocycles. The molecule has 0 radical (unpaired) electrons. The van der Waals surface area contributed by atoms with Gasteiger partial charge in [-0.15, -0.1) is 6.58 Å². The number of hydrogen-bond acceptors (Lipinski definition) is 0. The summed E-state index contributed by atoms with van der Waals surface area (Å²) in [6.45, 7) is 3.99. The van der Waals surface area contributed by atoms with Crippen LogP contribution in [-0.2, 0) is 6.42 Å². The molecule has 1 fully saturated rings. The van der Waals surface area contributed by atoms with Gasteiger partial charge in [0.1, 0.15) is 11.6 Å². The van der Waals surface area contributed by atoms with Crippen LogP contribution < -0.4 is 5.32 Å². The van der Waals surface area contributed by atoms with Crippen molar-refractivity contribution in [3.05, 3.63) is 60.2 Å². The van der Waals surface area contributed by atoms with Crippen LogP contribution in [0.25, 0.3) is 10.8 Å². The quantitative estimate of drug-likeness (QED) is 0.803. The molecule has 1 atom stereocenters. The molecule has 1 saturated carbocycles. The van der Waals surface area contributed by atoms with Crippen molar-refractivity contribution in [2.45, 2.75) is 50.1 Å². The summed E-state index contributed by atoms with van der Waals surface area (Å²) >= 11 is 0. The van der Waals surface area contributed by atoms with Crippen LogP contribution in [-0.4, -0.2) is 5.54 Å². The van der Waals surface area contributed by atoms with E-state index in [9.17, 15) is 0 Å². The largest absolute Gasteiger partial charge is 0.335 e. The molecule has 2 aliphatic rings. The van der Waals surface area contributed by atoms with Crippen LogP contribution in [0.15, 0.2) is 49.1 Å². The van der Waals surface area contributed by atoms with Gasteiger partial charge in [0.15, 0.2) is 0 Å². The molecule has 4 rings (SSSR count). The summed E-state index contributed by atoms with van der Waals surface area (Å²) in [5, 5.41) is 5.55. The first-order valence-corrected chi connectivity index (χ1v) is 8.29. The topological polar surface area (TPSA) is 16.6 Å². The lowest BCUT2D eigenvalue weighted by atomic mass is 9.77. The van der Waals surface area contributed by atoms with E-state index in [1.54, 1.807) is 11.1 Å². The fraction of sp³-hybridized carbons (Fsp3) is 0.400. The predicted molar refractivity (Wildman–Crippen MR) is 88.3 cm³/mol. The Balaban J connectivity index is 1.89. The molecule has 0 amide bonds. The fourth-order valence-corrected chi connectivity index (χ4v) is 4.62. The standard InChI is InChI=1S/C20H23N/c1-2-7-19-17-11-10-15-8-3-4-9-16(15)18(17)14-20(21-19)12-5-6-13-20/h2-4,8-11,19,21H,1,5-7,12-14H2/p+1/t19-/m1/s1. The first kappa shape index (κ1) is 13.1. The molecular formula is C20H24N+. The maximum Gasteiger partial charge on any atom is 0.116 e. The molecule has 0 aromatic heterocycles. The van der Waals surface area contributed by atoms with Gasteiger partial charge < -0.3 is 5.32 Å². The summed E-state index contributed by atoms with van der Waals surface area (Å²) in [5.41, 5.74) is 3.63. The number of fused-ring (bicyclic) bond motifs is 3. The van der Waals surface area contributed by atoms with Crippen LogP contribution in [0.2, 0.25) is 0 Å². The van der Waals surface area contributed by atoms with Gasteiger partial charge in [-0.1, -0.05) is 42.5 Å². The van der Waals surface area contributed by atoms with E-state index in [-0.39, 0.29) is 0 Å². The zero-order valence-corrected chi connectivity index (χ0v) is 12.6. The molecule has 0 saturated heterocycles. The lowest BCUT2D eigenvalue weighted by molar-refractivity contribution is -0.765. The Labute approximate surface area is 127 Å². The van der Waals surface area contributed by atoms with Crippen molar-refractivity contribution in [1.82, 2.24) is 0 Å². The van der Waals surface area contributed by atoms with Crippen LogP contribution in [0.3, 0.4) is 0 Å². The van der Waals surface area contributed by atoms with Crippen molar-refractivity contribution in [3.8, 4) is 0 Å². The number of benzene rings is 2. The summed E-state index contributed by atoms with van der Waals surface area (Å²) in [7, 11) is 0. The molecule has 1 aliphatic heterocycles. The second kappa shape index (κ2) is 4.99. The van der Waals surface area contributed by atoms with Crippen LogP contribution in [0.4, 0.5) is 0 Å². The van der Waals surface area contributed by atoms with Crippen LogP contribution >= 0.6 is 0 Å². The van der Waals surface area contributed by atoms with Gasteiger partial charge in [-0.2, -0.15) is 0 Å². The molecule has 108 valence electrons. The predicted octanol–water partition coefficient (Wildman–Crippen LogP) is 3.89. The first-order chi connectivity index (χ1) is 10.3. The number of quaternary nitrogens is 1. The van der Waals surface area contributed by atoms with Gasteiger partial charge >= 0.3 is 0 Å². The average Bonchev–Trinajstić information content (AvgIpc) is 2.95. The highest BCUT2D eigenvalue weighted by molar-refractivity contribution is 5.87. The number of hydrogen-bond donors (Lipinski definition) is 1. The van der Waals surface area contributed by atoms with E-state index < -0.39 is 0 Å². The summed E-state index contributed by atoms with van der Waals surface area (Å²) in [6, 6.07) is 14.1. The summed E-state index contributed by atoms with van der Waals surface area (Å²) < 4.78 is 0. The zero-order chi connectivity index (χ0) is 14.3. The SMILES string of the molecule is C=CC[C@H]1[NH2+]C2(CCCC2)Cc2c1ccc1ccccc21. The highest BCUT2D eigenvalue weighted by Crippen LogP contribution is 2.38. The third kappa shape index (κ3) is 2.11. The molecule has 2 N–H and O–H groups in total. The van der Waals surface area contributed by atoms with Gasteiger partial charge in [-0.25, -0.2) is 0 Å². The van der Waals surface area contributed by atoms with E-state index in [2.05, 4.69) is 54.4 Å². The minimum atomic E-state index is 0.463. The van der Waals surface area contributed by atoms with E-state index in [0.29, 0.717) is 11.6 Å². The lowest BCUT2D eigenvalue weighted by Gasteiger charge is -2.38. The second-order valence-electron chi connectivity index (χ2n) is 6.90. The van der Waals surface area contributed by atoms with Crippen molar-refractivity contribution >= 4 is 10.8 Å². The smallest absolute Gasteiger partial charge is 0.116 e. The maximum atomic E-state index is 3.99. The van der Waals surface area contributed by atoms with Crippen LogP contribution in [0, 0.1) is 0 Å². The highest BCUT2D eigenvalue weighted by Gasteiger charge is 2.44. The molecule has 2 aromatic rings. The van der Waals surface area contributed by atoms with Crippen molar-refractivity contribution in [3.63, 3.8) is 0 Å². The highest BCUT2D eigenvalue weighted by atomic mass is 15.0. The van der Waals surface area contributed by atoms with E-state index in [0.717, 1.165) is 6.42 Å². The molecule has 2 aromatic carbocycles. The minimum Gasteiger partial charge on any atom is -0.335 e. The van der Waals surface area contributed by atoms with Gasteiger partial charge in [0.2, 0.25) is 0 Å². The third-order valence-electron chi connectivity index (χ3n) is 5.58. The summed E-state index contributed by atoms with van der Waals surface area (Å²) in [5.74, 6) is 0. The lowest BCUT2D eigenvalue weighted by Crippen LogP contribution is -2.98. The van der Waals surface area contributed by atoms with E-state index >= 15 is 0 Å². The van der Waals surface area contributed by atoms with Crippen molar-refractivity contribution in [1.29, 1.82) is 0 Å². The maximum absolute atomic E-state index is 3.99. The van der Waals surface area contributed by atoms with E-state index in [1.807, 2.05) is 0 Å². The second-order valence-corrected chi connectivity index (χ2v) is 6.90. The molecular weight excluding hydrogens is 254 g/mol. The molecule has 1 nitrogen and oxygen atoms in total. The summed E-state index contributed by atoms with van der Waals surface area (Å²) in [6.07, 6.45) is 9.97. The Kier molecular flexibility index (Phi) is 3.11. The van der Waals surface area contributed by atoms with Gasteiger partial charge in [0, 0.05) is 31.2 Å². The first-order valence-electron chi connectivity index (χ1n) is 8.29. The third-order valence-corrected chi connectivity index (χ3v) is 5.58. The van der Waals surface area contributed by atoms with E-state index in [1.165, 1.54) is 42.9 Å². The Morgan fingerprint density at radius 3 is 2.76 bits per heavy atom. The van der Waals surface area contributed by atoms with Gasteiger partial charge in [0.25, 0.3) is 0 Å². The Bertz CT molecular complexity index is 679. The Morgan fingerprint density at radius 2 is 1.95 bits per heavy atom. The Hall–Kier alpha value is -1.60. The molecule has 0 bridgehead atoms. The van der Waals surface area contributed by atoms with Crippen molar-refractivity contribution < 1.29 is 5.32 Å². The number of nitrogens with two attached hydrogens (primary N) is 1. The normalized spacial score (nSPS) is 23.3. The number of rotatable bonds is 2. The molecule has 0 unspecified atom stereocenters. The molecule has 1 heteroatoms. The van der Waals surface area contributed by atoms with Crippen LogP contribution in [0.5, 0.6) is 0 Å².